The smallest absolute Gasteiger partial charge is 0.328 e. The van der Waals surface area contributed by atoms with Crippen molar-refractivity contribution in [3.8, 4) is 11.1 Å². The average molecular weight is 557 g/mol. The Labute approximate surface area is 231 Å². The summed E-state index contributed by atoms with van der Waals surface area (Å²) >= 11 is 13.0. The van der Waals surface area contributed by atoms with Gasteiger partial charge in [-0.15, -0.1) is 11.3 Å². The molecule has 1 amide bonds. The molecule has 1 aliphatic heterocycles. The summed E-state index contributed by atoms with van der Waals surface area (Å²) in [6, 6.07) is 14.7. The van der Waals surface area contributed by atoms with Gasteiger partial charge in [0.15, 0.2) is 5.11 Å². The lowest BCUT2D eigenvalue weighted by atomic mass is 9.98. The molecule has 194 valence electrons. The lowest BCUT2D eigenvalue weighted by Crippen LogP contribution is -2.49. The zero-order valence-electron chi connectivity index (χ0n) is 20.7. The first-order valence-electron chi connectivity index (χ1n) is 12.2. The number of piperidine rings is 1. The summed E-state index contributed by atoms with van der Waals surface area (Å²) in [6.45, 7) is 5.36. The van der Waals surface area contributed by atoms with Crippen molar-refractivity contribution in [1.82, 2.24) is 15.2 Å². The van der Waals surface area contributed by atoms with E-state index in [2.05, 4.69) is 20.5 Å². The van der Waals surface area contributed by atoms with Crippen LogP contribution in [0.5, 0.6) is 0 Å². The molecule has 1 aromatic heterocycles. The number of benzene rings is 2. The van der Waals surface area contributed by atoms with E-state index in [9.17, 15) is 9.59 Å². The maximum absolute atomic E-state index is 13.0. The fourth-order valence-electron chi connectivity index (χ4n) is 4.17. The zero-order chi connectivity index (χ0) is 26.4. The molecule has 2 heterocycles. The second-order valence-electron chi connectivity index (χ2n) is 8.76. The van der Waals surface area contributed by atoms with Crippen LogP contribution in [0.25, 0.3) is 11.1 Å². The van der Waals surface area contributed by atoms with E-state index in [1.165, 1.54) is 11.3 Å². The Hall–Kier alpha value is -3.01. The number of aromatic nitrogens is 1. The van der Waals surface area contributed by atoms with Crippen LogP contribution in [0.4, 0.5) is 5.69 Å². The summed E-state index contributed by atoms with van der Waals surface area (Å²) in [6.07, 6.45) is 1.73. The molecular weight excluding hydrogens is 528 g/mol. The van der Waals surface area contributed by atoms with Crippen LogP contribution >= 0.6 is 35.2 Å². The van der Waals surface area contributed by atoms with E-state index in [0.717, 1.165) is 47.8 Å². The Morgan fingerprint density at radius 2 is 1.89 bits per heavy atom. The number of anilines is 1. The molecule has 3 aromatic rings. The van der Waals surface area contributed by atoms with Gasteiger partial charge in [0.1, 0.15) is 11.7 Å². The fraction of sp³-hybridized carbons (Fsp3) is 0.333. The normalized spacial score (nSPS) is 14.6. The SMILES string of the molecule is CCOC(=O)C(C)NC(=S)N1CCC(c2nc(C(=O)Nc3ccccc3-c3ccc(Cl)cc3)cs2)CC1. The van der Waals surface area contributed by atoms with Gasteiger partial charge in [-0.3, -0.25) is 4.79 Å². The third-order valence-electron chi connectivity index (χ3n) is 6.20. The maximum atomic E-state index is 13.0. The average Bonchev–Trinajstić information content (AvgIpc) is 3.40. The molecule has 1 aliphatic rings. The molecule has 0 spiro atoms. The number of para-hydroxylation sites is 1. The van der Waals surface area contributed by atoms with Gasteiger partial charge in [-0.2, -0.15) is 0 Å². The Bertz CT molecular complexity index is 1260. The van der Waals surface area contributed by atoms with Crippen LogP contribution in [0.3, 0.4) is 0 Å². The number of carbonyl (C=O) groups is 2. The van der Waals surface area contributed by atoms with Gasteiger partial charge >= 0.3 is 5.97 Å². The van der Waals surface area contributed by atoms with Gasteiger partial charge in [-0.25, -0.2) is 9.78 Å². The predicted molar refractivity (Wildman–Crippen MR) is 152 cm³/mol. The summed E-state index contributed by atoms with van der Waals surface area (Å²) in [5, 5.41) is 10.1. The molecule has 4 rings (SSSR count). The lowest BCUT2D eigenvalue weighted by molar-refractivity contribution is -0.144. The number of hydrogen-bond donors (Lipinski definition) is 2. The number of hydrogen-bond acceptors (Lipinski definition) is 6. The highest BCUT2D eigenvalue weighted by Crippen LogP contribution is 2.32. The number of thiocarbonyl (C=S) groups is 1. The van der Waals surface area contributed by atoms with Crippen molar-refractivity contribution >= 4 is 57.8 Å². The first-order chi connectivity index (χ1) is 17.9. The Morgan fingerprint density at radius 3 is 2.59 bits per heavy atom. The second-order valence-corrected chi connectivity index (χ2v) is 10.5. The van der Waals surface area contributed by atoms with Crippen molar-refractivity contribution in [2.75, 3.05) is 25.0 Å². The summed E-state index contributed by atoms with van der Waals surface area (Å²) in [7, 11) is 0. The molecule has 0 bridgehead atoms. The topological polar surface area (TPSA) is 83.6 Å². The molecule has 2 N–H and O–H groups in total. The van der Waals surface area contributed by atoms with Gasteiger partial charge in [0.05, 0.1) is 11.6 Å². The number of amides is 1. The van der Waals surface area contributed by atoms with Gasteiger partial charge in [0, 0.05) is 40.7 Å². The quantitative estimate of drug-likeness (QED) is 0.284. The van der Waals surface area contributed by atoms with Crippen LogP contribution in [-0.2, 0) is 9.53 Å². The van der Waals surface area contributed by atoms with E-state index >= 15 is 0 Å². The number of esters is 1. The van der Waals surface area contributed by atoms with Crippen LogP contribution in [-0.4, -0.2) is 52.6 Å². The van der Waals surface area contributed by atoms with Crippen molar-refractivity contribution in [2.45, 2.75) is 38.6 Å². The number of carbonyl (C=O) groups excluding carboxylic acids is 2. The minimum absolute atomic E-state index is 0.236. The molecule has 0 radical (unpaired) electrons. The van der Waals surface area contributed by atoms with E-state index < -0.39 is 6.04 Å². The molecule has 0 saturated carbocycles. The van der Waals surface area contributed by atoms with Crippen LogP contribution in [0.15, 0.2) is 53.9 Å². The molecule has 7 nitrogen and oxygen atoms in total. The number of nitrogens with one attached hydrogen (secondary N) is 2. The van der Waals surface area contributed by atoms with Gasteiger partial charge in [-0.1, -0.05) is 41.9 Å². The summed E-state index contributed by atoms with van der Waals surface area (Å²) in [5.74, 6) is -0.293. The molecule has 0 aliphatic carbocycles. The number of thiazole rings is 1. The van der Waals surface area contributed by atoms with Crippen molar-refractivity contribution in [3.05, 3.63) is 69.6 Å². The zero-order valence-corrected chi connectivity index (χ0v) is 23.1. The number of likely N-dealkylation sites (tertiary alicyclic amines) is 1. The standard InChI is InChI=1S/C27H29ClN4O3S2/c1-3-35-26(34)17(2)29-27(36)32-14-12-19(13-15-32)25-31-23(16-37-25)24(33)30-22-7-5-4-6-21(22)18-8-10-20(28)11-9-18/h4-11,16-17,19H,3,12-15H2,1-2H3,(H,29,36)(H,30,33). The van der Waals surface area contributed by atoms with Gasteiger partial charge in [0.25, 0.3) is 5.91 Å². The van der Waals surface area contributed by atoms with Crippen LogP contribution in [0.2, 0.25) is 5.02 Å². The number of halogens is 1. The molecule has 37 heavy (non-hydrogen) atoms. The first-order valence-corrected chi connectivity index (χ1v) is 13.9. The monoisotopic (exact) mass is 556 g/mol. The predicted octanol–water partition coefficient (Wildman–Crippen LogP) is 5.72. The first kappa shape index (κ1) is 27.0. The molecular formula is C27H29ClN4O3S2. The third-order valence-corrected chi connectivity index (χ3v) is 7.83. The van der Waals surface area contributed by atoms with Crippen molar-refractivity contribution in [1.29, 1.82) is 0 Å². The summed E-state index contributed by atoms with van der Waals surface area (Å²) in [5.41, 5.74) is 3.01. The van der Waals surface area contributed by atoms with Crippen LogP contribution < -0.4 is 10.6 Å². The third kappa shape index (κ3) is 6.85. The highest BCUT2D eigenvalue weighted by Gasteiger charge is 2.26. The minimum Gasteiger partial charge on any atom is -0.464 e. The molecule has 1 unspecified atom stereocenters. The van der Waals surface area contributed by atoms with Gasteiger partial charge < -0.3 is 20.3 Å². The fourth-order valence-corrected chi connectivity index (χ4v) is 5.63. The number of nitrogens with zero attached hydrogens (tertiary/aromatic N) is 2. The molecule has 1 atom stereocenters. The van der Waals surface area contributed by atoms with Gasteiger partial charge in [-0.05, 0) is 62.7 Å². The van der Waals surface area contributed by atoms with E-state index in [1.54, 1.807) is 13.8 Å². The minimum atomic E-state index is -0.491. The van der Waals surface area contributed by atoms with E-state index in [4.69, 9.17) is 28.6 Å². The summed E-state index contributed by atoms with van der Waals surface area (Å²) < 4.78 is 5.04. The van der Waals surface area contributed by atoms with Crippen LogP contribution in [0.1, 0.15) is 48.1 Å². The Morgan fingerprint density at radius 1 is 1.19 bits per heavy atom. The Balaban J connectivity index is 1.34. The Kier molecular flexibility index (Phi) is 9.13. The largest absolute Gasteiger partial charge is 0.464 e. The van der Waals surface area contributed by atoms with Crippen LogP contribution in [0, 0.1) is 0 Å². The van der Waals surface area contributed by atoms with Crippen molar-refractivity contribution in [2.24, 2.45) is 0 Å². The van der Waals surface area contributed by atoms with Crippen molar-refractivity contribution in [3.63, 3.8) is 0 Å². The second kappa shape index (κ2) is 12.5. The number of ether oxygens (including phenoxy) is 1. The van der Waals surface area contributed by atoms with E-state index in [-0.39, 0.29) is 17.8 Å². The highest BCUT2D eigenvalue weighted by molar-refractivity contribution is 7.80. The molecule has 1 saturated heterocycles. The molecule has 2 aromatic carbocycles. The molecule has 10 heteroatoms. The van der Waals surface area contributed by atoms with E-state index in [1.807, 2.05) is 53.9 Å². The maximum Gasteiger partial charge on any atom is 0.328 e. The molecule has 1 fully saturated rings. The lowest BCUT2D eigenvalue weighted by Gasteiger charge is -2.33. The van der Waals surface area contributed by atoms with Crippen molar-refractivity contribution < 1.29 is 14.3 Å². The number of rotatable bonds is 7. The van der Waals surface area contributed by atoms with Gasteiger partial charge in [0.2, 0.25) is 0 Å². The summed E-state index contributed by atoms with van der Waals surface area (Å²) in [4.78, 5) is 31.6. The van der Waals surface area contributed by atoms with E-state index in [0.29, 0.717) is 22.4 Å². The highest BCUT2D eigenvalue weighted by atomic mass is 35.5.